The Hall–Kier alpha value is -2.82. The largest absolute Gasteiger partial charge is 0.371 e. The van der Waals surface area contributed by atoms with E-state index in [0.717, 1.165) is 29.8 Å². The van der Waals surface area contributed by atoms with E-state index >= 15 is 0 Å². The maximum atomic E-state index is 13.3. The number of amides is 2. The number of carbonyl (C=O) groups is 2. The molecule has 2 aromatic carbocycles. The summed E-state index contributed by atoms with van der Waals surface area (Å²) in [5.74, 6) is 0.255. The third-order valence-corrected chi connectivity index (χ3v) is 6.35. The summed E-state index contributed by atoms with van der Waals surface area (Å²) in [6.07, 6.45) is 3.47. The van der Waals surface area contributed by atoms with Gasteiger partial charge in [0.2, 0.25) is 11.8 Å². The van der Waals surface area contributed by atoms with Crippen LogP contribution in [0, 0.1) is 5.92 Å². The van der Waals surface area contributed by atoms with Crippen LogP contribution in [0.15, 0.2) is 48.5 Å². The number of rotatable bonds is 6. The Balaban J connectivity index is 1.50. The topological polar surface area (TPSA) is 52.7 Å². The fourth-order valence-electron chi connectivity index (χ4n) is 4.71. The molecule has 31 heavy (non-hydrogen) atoms. The predicted molar refractivity (Wildman–Crippen MR) is 124 cm³/mol. The maximum absolute atomic E-state index is 13.3. The van der Waals surface area contributed by atoms with E-state index in [4.69, 9.17) is 0 Å². The van der Waals surface area contributed by atoms with Crippen LogP contribution >= 0.6 is 0 Å². The molecule has 2 heterocycles. The summed E-state index contributed by atoms with van der Waals surface area (Å²) in [6.45, 7) is 7.21. The Morgan fingerprint density at radius 3 is 2.42 bits per heavy atom. The first kappa shape index (κ1) is 21.4. The van der Waals surface area contributed by atoms with Crippen LogP contribution in [-0.4, -0.2) is 35.8 Å². The number of hydrogen-bond acceptors (Lipinski definition) is 3. The van der Waals surface area contributed by atoms with Gasteiger partial charge in [0.15, 0.2) is 0 Å². The molecule has 0 aromatic heterocycles. The lowest BCUT2D eigenvalue weighted by Gasteiger charge is -2.36. The minimum atomic E-state index is -0.458. The van der Waals surface area contributed by atoms with Gasteiger partial charge >= 0.3 is 0 Å². The van der Waals surface area contributed by atoms with Crippen LogP contribution in [0.4, 0.5) is 5.69 Å². The lowest BCUT2D eigenvalue weighted by atomic mass is 9.92. The summed E-state index contributed by atoms with van der Waals surface area (Å²) >= 11 is 0. The number of nitrogens with one attached hydrogen (secondary N) is 1. The van der Waals surface area contributed by atoms with Crippen molar-refractivity contribution < 1.29 is 9.59 Å². The van der Waals surface area contributed by atoms with E-state index in [1.54, 1.807) is 4.90 Å². The third-order valence-electron chi connectivity index (χ3n) is 6.35. The molecule has 0 spiro atoms. The monoisotopic (exact) mass is 419 g/mol. The van der Waals surface area contributed by atoms with E-state index < -0.39 is 6.04 Å². The van der Waals surface area contributed by atoms with Crippen molar-refractivity contribution in [1.82, 2.24) is 10.2 Å². The number of hydrogen-bond donors (Lipinski definition) is 1. The van der Waals surface area contributed by atoms with Crippen molar-refractivity contribution in [3.05, 3.63) is 65.2 Å². The zero-order chi connectivity index (χ0) is 21.8. The molecular weight excluding hydrogens is 386 g/mol. The van der Waals surface area contributed by atoms with Gasteiger partial charge in [0.1, 0.15) is 6.04 Å². The van der Waals surface area contributed by atoms with Crippen LogP contribution in [0.1, 0.15) is 49.8 Å². The Morgan fingerprint density at radius 2 is 1.68 bits per heavy atom. The molecule has 2 aromatic rings. The van der Waals surface area contributed by atoms with Gasteiger partial charge in [-0.3, -0.25) is 9.59 Å². The van der Waals surface area contributed by atoms with Gasteiger partial charge in [-0.15, -0.1) is 0 Å². The number of para-hydroxylation sites is 1. The fraction of sp³-hybridized carbons (Fsp3) is 0.462. The van der Waals surface area contributed by atoms with E-state index in [1.807, 2.05) is 32.0 Å². The summed E-state index contributed by atoms with van der Waals surface area (Å²) in [6, 6.07) is 16.0. The minimum absolute atomic E-state index is 0.0575. The lowest BCUT2D eigenvalue weighted by Crippen LogP contribution is -2.52. The molecule has 5 heteroatoms. The van der Waals surface area contributed by atoms with Crippen LogP contribution in [0.3, 0.4) is 0 Å². The molecule has 5 nitrogen and oxygen atoms in total. The quantitative estimate of drug-likeness (QED) is 0.773. The predicted octanol–water partition coefficient (Wildman–Crippen LogP) is 3.90. The molecule has 1 saturated heterocycles. The van der Waals surface area contributed by atoms with Gasteiger partial charge in [0.05, 0.1) is 0 Å². The number of anilines is 1. The number of nitrogens with zero attached hydrogens (tertiary/aromatic N) is 2. The second kappa shape index (κ2) is 9.54. The van der Waals surface area contributed by atoms with Crippen LogP contribution in [0.2, 0.25) is 0 Å². The van der Waals surface area contributed by atoms with Gasteiger partial charge in [-0.1, -0.05) is 56.3 Å². The van der Waals surface area contributed by atoms with Crippen LogP contribution in [-0.2, 0) is 29.1 Å². The SMILES string of the molecule is CC(C)CC(=O)N1Cc2ccccc2CC1C(=O)NCc1ccccc1N1CCCC1. The standard InChI is InChI=1S/C26H33N3O2/c1-19(2)15-25(30)29-18-22-11-4-3-9-20(22)16-24(29)26(31)27-17-21-10-5-6-12-23(21)28-13-7-8-14-28/h3-6,9-12,19,24H,7-8,13-18H2,1-2H3,(H,27,31). The Kier molecular flexibility index (Phi) is 6.59. The highest BCUT2D eigenvalue weighted by Crippen LogP contribution is 2.26. The van der Waals surface area contributed by atoms with Crippen molar-refractivity contribution in [1.29, 1.82) is 0 Å². The summed E-state index contributed by atoms with van der Waals surface area (Å²) in [5, 5.41) is 3.14. The Morgan fingerprint density at radius 1 is 1.00 bits per heavy atom. The summed E-state index contributed by atoms with van der Waals surface area (Å²) in [7, 11) is 0. The summed E-state index contributed by atoms with van der Waals surface area (Å²) in [4.78, 5) is 30.5. The molecule has 0 radical (unpaired) electrons. The zero-order valence-electron chi connectivity index (χ0n) is 18.6. The molecule has 1 N–H and O–H groups in total. The van der Waals surface area contributed by atoms with Crippen molar-refractivity contribution in [3.8, 4) is 0 Å². The first-order valence-electron chi connectivity index (χ1n) is 11.5. The first-order chi connectivity index (χ1) is 15.0. The molecule has 0 aliphatic carbocycles. The number of carbonyl (C=O) groups excluding carboxylic acids is 2. The van der Waals surface area contributed by atoms with Crippen LogP contribution in [0.25, 0.3) is 0 Å². The second-order valence-corrected chi connectivity index (χ2v) is 9.15. The molecule has 0 saturated carbocycles. The molecule has 1 unspecified atom stereocenters. The summed E-state index contributed by atoms with van der Waals surface area (Å²) < 4.78 is 0. The van der Waals surface area contributed by atoms with E-state index in [9.17, 15) is 9.59 Å². The Labute approximate surface area is 185 Å². The third kappa shape index (κ3) is 4.92. The molecule has 1 fully saturated rings. The minimum Gasteiger partial charge on any atom is -0.371 e. The molecule has 0 bridgehead atoms. The normalized spacial score (nSPS) is 18.2. The molecule has 164 valence electrons. The summed E-state index contributed by atoms with van der Waals surface area (Å²) in [5.41, 5.74) is 4.65. The molecular formula is C26H33N3O2. The van der Waals surface area contributed by atoms with E-state index in [0.29, 0.717) is 25.9 Å². The van der Waals surface area contributed by atoms with Gasteiger partial charge in [-0.25, -0.2) is 0 Å². The smallest absolute Gasteiger partial charge is 0.243 e. The van der Waals surface area contributed by atoms with E-state index in [1.165, 1.54) is 18.5 Å². The average molecular weight is 420 g/mol. The van der Waals surface area contributed by atoms with Gasteiger partial charge in [-0.2, -0.15) is 0 Å². The van der Waals surface area contributed by atoms with Crippen molar-refractivity contribution in [2.24, 2.45) is 5.92 Å². The average Bonchev–Trinajstić information content (AvgIpc) is 3.31. The second-order valence-electron chi connectivity index (χ2n) is 9.15. The van der Waals surface area contributed by atoms with E-state index in [-0.39, 0.29) is 17.7 Å². The highest BCUT2D eigenvalue weighted by Gasteiger charge is 2.34. The highest BCUT2D eigenvalue weighted by molar-refractivity contribution is 5.88. The van der Waals surface area contributed by atoms with Gasteiger partial charge in [-0.05, 0) is 41.5 Å². The van der Waals surface area contributed by atoms with E-state index in [2.05, 4.69) is 40.5 Å². The molecule has 4 rings (SSSR count). The van der Waals surface area contributed by atoms with Gasteiger partial charge < -0.3 is 15.1 Å². The molecule has 1 atom stereocenters. The number of fused-ring (bicyclic) bond motifs is 1. The lowest BCUT2D eigenvalue weighted by molar-refractivity contribution is -0.142. The van der Waals surface area contributed by atoms with Crippen molar-refractivity contribution in [2.75, 3.05) is 18.0 Å². The first-order valence-corrected chi connectivity index (χ1v) is 11.5. The fourth-order valence-corrected chi connectivity index (χ4v) is 4.71. The van der Waals surface area contributed by atoms with Crippen molar-refractivity contribution >= 4 is 17.5 Å². The molecule has 2 aliphatic heterocycles. The van der Waals surface area contributed by atoms with Crippen LogP contribution in [0.5, 0.6) is 0 Å². The van der Waals surface area contributed by atoms with Crippen LogP contribution < -0.4 is 10.2 Å². The molecule has 2 aliphatic rings. The van der Waals surface area contributed by atoms with Gasteiger partial charge in [0, 0.05) is 44.7 Å². The number of benzene rings is 2. The molecule has 2 amide bonds. The maximum Gasteiger partial charge on any atom is 0.243 e. The Bertz CT molecular complexity index is 934. The van der Waals surface area contributed by atoms with Gasteiger partial charge in [0.25, 0.3) is 0 Å². The zero-order valence-corrected chi connectivity index (χ0v) is 18.6. The highest BCUT2D eigenvalue weighted by atomic mass is 16.2. The van der Waals surface area contributed by atoms with Crippen molar-refractivity contribution in [3.63, 3.8) is 0 Å². The van der Waals surface area contributed by atoms with Crippen molar-refractivity contribution in [2.45, 2.75) is 58.7 Å².